The molecule has 4 nitrogen and oxygen atoms in total. The fourth-order valence-electron chi connectivity index (χ4n) is 0.630. The predicted octanol–water partition coefficient (Wildman–Crippen LogP) is 0.835. The van der Waals surface area contributed by atoms with Crippen molar-refractivity contribution in [1.29, 1.82) is 0 Å². The number of esters is 2. The first kappa shape index (κ1) is 11.4. The van der Waals surface area contributed by atoms with Crippen LogP contribution in [0.1, 0.15) is 6.92 Å². The molecule has 0 N–H and O–H groups in total. The summed E-state index contributed by atoms with van der Waals surface area (Å²) < 4.78 is 8.99. The minimum atomic E-state index is -0.608. The minimum absolute atomic E-state index is 0.0842. The van der Waals surface area contributed by atoms with E-state index >= 15 is 0 Å². The van der Waals surface area contributed by atoms with Crippen LogP contribution in [0.25, 0.3) is 0 Å². The number of methoxy groups -OCH3 is 1. The molecule has 0 aromatic heterocycles. The standard InChI is InChI=1S/C9H12O4/c1-4-7(9(11)12-3)6-8(10)13-5-2/h4,6H,1,5H2,2-3H3/b7-6-. The lowest BCUT2D eigenvalue weighted by Gasteiger charge is -1.99. The number of hydrogen-bond acceptors (Lipinski definition) is 4. The molecule has 0 saturated carbocycles. The molecule has 0 aromatic rings. The molecule has 0 aliphatic carbocycles. The molecular formula is C9H12O4. The average molecular weight is 184 g/mol. The van der Waals surface area contributed by atoms with Gasteiger partial charge in [0.15, 0.2) is 0 Å². The van der Waals surface area contributed by atoms with Crippen LogP contribution in [0.2, 0.25) is 0 Å². The van der Waals surface area contributed by atoms with Crippen LogP contribution in [0, 0.1) is 0 Å². The van der Waals surface area contributed by atoms with Crippen LogP contribution in [-0.4, -0.2) is 25.7 Å². The normalized spacial score (nSPS) is 10.5. The number of carbonyl (C=O) groups excluding carboxylic acids is 2. The van der Waals surface area contributed by atoms with E-state index in [1.165, 1.54) is 13.2 Å². The molecule has 72 valence electrons. The zero-order valence-corrected chi connectivity index (χ0v) is 7.70. The van der Waals surface area contributed by atoms with Crippen molar-refractivity contribution in [2.75, 3.05) is 13.7 Å². The first-order valence-corrected chi connectivity index (χ1v) is 3.74. The second-order valence-electron chi connectivity index (χ2n) is 2.05. The molecule has 13 heavy (non-hydrogen) atoms. The largest absolute Gasteiger partial charge is 0.465 e. The Labute approximate surface area is 76.8 Å². The van der Waals surface area contributed by atoms with Gasteiger partial charge >= 0.3 is 11.9 Å². The lowest BCUT2D eigenvalue weighted by molar-refractivity contribution is -0.139. The average Bonchev–Trinajstić information content (AvgIpc) is 2.13. The Balaban J connectivity index is 4.46. The Morgan fingerprint density at radius 1 is 1.46 bits per heavy atom. The van der Waals surface area contributed by atoms with Gasteiger partial charge < -0.3 is 9.47 Å². The molecule has 0 rings (SSSR count). The number of carbonyl (C=O) groups is 2. The van der Waals surface area contributed by atoms with Crippen molar-refractivity contribution in [1.82, 2.24) is 0 Å². The fourth-order valence-corrected chi connectivity index (χ4v) is 0.630. The molecule has 4 heteroatoms. The highest BCUT2D eigenvalue weighted by Gasteiger charge is 2.07. The van der Waals surface area contributed by atoms with Gasteiger partial charge in [0, 0.05) is 6.08 Å². The lowest BCUT2D eigenvalue weighted by Crippen LogP contribution is -2.07. The second kappa shape index (κ2) is 5.99. The van der Waals surface area contributed by atoms with Crippen molar-refractivity contribution < 1.29 is 19.1 Å². The van der Waals surface area contributed by atoms with E-state index in [0.29, 0.717) is 0 Å². The Kier molecular flexibility index (Phi) is 5.27. The molecule has 0 saturated heterocycles. The molecule has 0 aliphatic rings. The molecule has 0 heterocycles. The van der Waals surface area contributed by atoms with Gasteiger partial charge in [0.05, 0.1) is 19.3 Å². The van der Waals surface area contributed by atoms with Crippen molar-refractivity contribution in [3.8, 4) is 0 Å². The summed E-state index contributed by atoms with van der Waals surface area (Å²) >= 11 is 0. The van der Waals surface area contributed by atoms with Crippen LogP contribution < -0.4 is 0 Å². The third-order valence-corrected chi connectivity index (χ3v) is 1.20. The van der Waals surface area contributed by atoms with E-state index in [1.807, 2.05) is 0 Å². The summed E-state index contributed by atoms with van der Waals surface area (Å²) in [6, 6.07) is 0. The Morgan fingerprint density at radius 2 is 2.08 bits per heavy atom. The topological polar surface area (TPSA) is 52.6 Å². The molecule has 0 aromatic carbocycles. The second-order valence-corrected chi connectivity index (χ2v) is 2.05. The van der Waals surface area contributed by atoms with Crippen LogP contribution in [0.5, 0.6) is 0 Å². The Morgan fingerprint density at radius 3 is 2.46 bits per heavy atom. The van der Waals surface area contributed by atoms with E-state index < -0.39 is 11.9 Å². The highest BCUT2D eigenvalue weighted by atomic mass is 16.5. The van der Waals surface area contributed by atoms with Gasteiger partial charge in [-0.05, 0) is 6.92 Å². The molecular weight excluding hydrogens is 172 g/mol. The summed E-state index contributed by atoms with van der Waals surface area (Å²) in [6.07, 6.45) is 2.28. The van der Waals surface area contributed by atoms with E-state index in [4.69, 9.17) is 0 Å². The molecule has 0 atom stereocenters. The van der Waals surface area contributed by atoms with Gasteiger partial charge in [-0.25, -0.2) is 9.59 Å². The van der Waals surface area contributed by atoms with Gasteiger partial charge in [-0.2, -0.15) is 0 Å². The summed E-state index contributed by atoms with van der Waals surface area (Å²) in [5, 5.41) is 0. The van der Waals surface area contributed by atoms with Gasteiger partial charge in [0.1, 0.15) is 0 Å². The maximum Gasteiger partial charge on any atom is 0.338 e. The van der Waals surface area contributed by atoms with Crippen LogP contribution >= 0.6 is 0 Å². The zero-order chi connectivity index (χ0) is 10.3. The molecule has 0 aliphatic heterocycles. The summed E-state index contributed by atoms with van der Waals surface area (Å²) in [4.78, 5) is 21.8. The van der Waals surface area contributed by atoms with E-state index in [1.54, 1.807) is 6.92 Å². The maximum absolute atomic E-state index is 10.9. The number of hydrogen-bond donors (Lipinski definition) is 0. The van der Waals surface area contributed by atoms with Gasteiger partial charge in [0.25, 0.3) is 0 Å². The SMILES string of the molecule is C=C/C(=C/C(=O)OCC)C(=O)OC. The first-order valence-electron chi connectivity index (χ1n) is 3.74. The molecule has 0 bridgehead atoms. The first-order chi connectivity index (χ1) is 6.15. The lowest BCUT2D eigenvalue weighted by atomic mass is 10.2. The number of ether oxygens (including phenoxy) is 2. The van der Waals surface area contributed by atoms with Crippen molar-refractivity contribution in [2.24, 2.45) is 0 Å². The van der Waals surface area contributed by atoms with Crippen molar-refractivity contribution in [3.05, 3.63) is 24.3 Å². The third kappa shape index (κ3) is 4.10. The Hall–Kier alpha value is -1.58. The molecule has 0 radical (unpaired) electrons. The zero-order valence-electron chi connectivity index (χ0n) is 7.70. The fraction of sp³-hybridized carbons (Fsp3) is 0.333. The summed E-state index contributed by atoms with van der Waals surface area (Å²) in [5.74, 6) is -1.19. The predicted molar refractivity (Wildman–Crippen MR) is 46.9 cm³/mol. The van der Waals surface area contributed by atoms with E-state index in [2.05, 4.69) is 16.1 Å². The molecule has 0 fully saturated rings. The van der Waals surface area contributed by atoms with Crippen LogP contribution in [0.15, 0.2) is 24.3 Å². The molecule has 0 spiro atoms. The minimum Gasteiger partial charge on any atom is -0.465 e. The van der Waals surface area contributed by atoms with Gasteiger partial charge in [0.2, 0.25) is 0 Å². The Bertz CT molecular complexity index is 240. The van der Waals surface area contributed by atoms with Crippen LogP contribution in [0.4, 0.5) is 0 Å². The number of rotatable bonds is 4. The summed E-state index contributed by atoms with van der Waals surface area (Å²) in [7, 11) is 1.23. The van der Waals surface area contributed by atoms with Gasteiger partial charge in [-0.1, -0.05) is 12.7 Å². The maximum atomic E-state index is 10.9. The monoisotopic (exact) mass is 184 g/mol. The van der Waals surface area contributed by atoms with Crippen molar-refractivity contribution in [2.45, 2.75) is 6.92 Å². The molecule has 0 amide bonds. The smallest absolute Gasteiger partial charge is 0.338 e. The molecule has 0 unspecified atom stereocenters. The van der Waals surface area contributed by atoms with Crippen molar-refractivity contribution in [3.63, 3.8) is 0 Å². The van der Waals surface area contributed by atoms with E-state index in [0.717, 1.165) is 6.08 Å². The van der Waals surface area contributed by atoms with Gasteiger partial charge in [-0.15, -0.1) is 0 Å². The van der Waals surface area contributed by atoms with Gasteiger partial charge in [-0.3, -0.25) is 0 Å². The third-order valence-electron chi connectivity index (χ3n) is 1.20. The van der Waals surface area contributed by atoms with E-state index in [-0.39, 0.29) is 12.2 Å². The summed E-state index contributed by atoms with van der Waals surface area (Å²) in [5.41, 5.74) is 0.0842. The highest BCUT2D eigenvalue weighted by molar-refractivity contribution is 5.98. The van der Waals surface area contributed by atoms with Crippen molar-refractivity contribution >= 4 is 11.9 Å². The highest BCUT2D eigenvalue weighted by Crippen LogP contribution is 1.99. The quantitative estimate of drug-likeness (QED) is 0.369. The van der Waals surface area contributed by atoms with Crippen LogP contribution in [0.3, 0.4) is 0 Å². The van der Waals surface area contributed by atoms with E-state index in [9.17, 15) is 9.59 Å². The summed E-state index contributed by atoms with van der Waals surface area (Å²) in [6.45, 7) is 5.31. The van der Waals surface area contributed by atoms with Crippen LogP contribution in [-0.2, 0) is 19.1 Å².